The van der Waals surface area contributed by atoms with E-state index in [4.69, 9.17) is 9.98 Å². The van der Waals surface area contributed by atoms with Crippen molar-refractivity contribution in [3.8, 4) is 0 Å². The van der Waals surface area contributed by atoms with Gasteiger partial charge in [0, 0.05) is 33.2 Å². The van der Waals surface area contributed by atoms with Crippen LogP contribution >= 0.6 is 0 Å². The predicted molar refractivity (Wildman–Crippen MR) is 196 cm³/mol. The maximum absolute atomic E-state index is 5.44. The van der Waals surface area contributed by atoms with Crippen molar-refractivity contribution in [2.75, 3.05) is 0 Å². The minimum atomic E-state index is -0.620. The Balaban J connectivity index is 1.39. The molecule has 2 N–H and O–H groups in total. The summed E-state index contributed by atoms with van der Waals surface area (Å²) in [7, 11) is 0. The van der Waals surface area contributed by atoms with Gasteiger partial charge in [-0.3, -0.25) is 4.99 Å². The Morgan fingerprint density at radius 3 is 1.83 bits per heavy atom. The molecule has 0 amide bonds. The van der Waals surface area contributed by atoms with E-state index in [9.17, 15) is 0 Å². The summed E-state index contributed by atoms with van der Waals surface area (Å²) in [4.78, 5) is 18.4. The van der Waals surface area contributed by atoms with E-state index in [1.165, 1.54) is 11.1 Å². The normalized spacial score (nSPS) is 17.7. The lowest BCUT2D eigenvalue weighted by Gasteiger charge is -2.38. The third kappa shape index (κ3) is 4.61. The van der Waals surface area contributed by atoms with Gasteiger partial charge >= 0.3 is 0 Å². The first kappa shape index (κ1) is 28.0. The van der Waals surface area contributed by atoms with Crippen LogP contribution in [-0.4, -0.2) is 27.4 Å². The smallest absolute Gasteiger partial charge is 0.0883 e. The van der Waals surface area contributed by atoms with Gasteiger partial charge in [0.1, 0.15) is 0 Å². The lowest BCUT2D eigenvalue weighted by molar-refractivity contribution is 0.539. The minimum absolute atomic E-state index is 0.197. The highest BCUT2D eigenvalue weighted by Gasteiger charge is 2.45. The first-order valence-corrected chi connectivity index (χ1v) is 16.4. The van der Waals surface area contributed by atoms with Gasteiger partial charge in [-0.05, 0) is 70.8 Å². The summed E-state index contributed by atoms with van der Waals surface area (Å²) < 4.78 is 0. The van der Waals surface area contributed by atoms with Crippen LogP contribution in [0, 0.1) is 0 Å². The molecule has 0 saturated heterocycles. The molecule has 5 heterocycles. The summed E-state index contributed by atoms with van der Waals surface area (Å²) in [5, 5.41) is 2.00. The van der Waals surface area contributed by atoms with E-state index in [2.05, 4.69) is 180 Å². The zero-order valence-electron chi connectivity index (χ0n) is 26.2. The number of nitrogens with zero attached hydrogens (tertiary/aromatic N) is 2. The molecule has 8 bridgehead atoms. The average Bonchev–Trinajstić information content (AvgIpc) is 3.98. The molecule has 0 aliphatic carbocycles. The zero-order chi connectivity index (χ0) is 31.9. The second-order valence-corrected chi connectivity index (χ2v) is 12.4. The number of fused-ring (bicyclic) bond motifs is 6. The summed E-state index contributed by atoms with van der Waals surface area (Å²) in [5.41, 5.74) is 10.9. The Kier molecular flexibility index (Phi) is 6.72. The molecule has 1 atom stereocenters. The molecular weight excluding hydrogens is 585 g/mol. The van der Waals surface area contributed by atoms with Gasteiger partial charge in [0.25, 0.3) is 0 Å². The van der Waals surface area contributed by atoms with E-state index in [1.54, 1.807) is 0 Å². The van der Waals surface area contributed by atoms with Gasteiger partial charge in [0.05, 0.1) is 28.6 Å². The SMILES string of the molecule is C1=CC2N=C1C=c1ccc([nH]1)=C(c1ccccc1)C1=NC(=C(c3ccccc3)c3ccc([nH]3)C2(c2ccccc2)c2ccccc2)C=C1. The van der Waals surface area contributed by atoms with Crippen molar-refractivity contribution < 1.29 is 0 Å². The second-order valence-electron chi connectivity index (χ2n) is 12.4. The van der Waals surface area contributed by atoms with E-state index >= 15 is 0 Å². The Morgan fingerprint density at radius 2 is 1.17 bits per heavy atom. The Bertz CT molecular complexity index is 2380. The van der Waals surface area contributed by atoms with Crippen LogP contribution in [0.15, 0.2) is 186 Å². The van der Waals surface area contributed by atoms with Crippen molar-refractivity contribution >= 4 is 28.6 Å². The van der Waals surface area contributed by atoms with Gasteiger partial charge in [-0.1, -0.05) is 127 Å². The van der Waals surface area contributed by atoms with Crippen molar-refractivity contribution in [2.45, 2.75) is 11.5 Å². The van der Waals surface area contributed by atoms with Gasteiger partial charge in [0.15, 0.2) is 0 Å². The molecular formula is C44H32N4. The predicted octanol–water partition coefficient (Wildman–Crippen LogP) is 7.52. The lowest BCUT2D eigenvalue weighted by Crippen LogP contribution is -2.40. The van der Waals surface area contributed by atoms with E-state index in [0.29, 0.717) is 0 Å². The van der Waals surface area contributed by atoms with Crippen molar-refractivity contribution in [3.63, 3.8) is 0 Å². The molecule has 48 heavy (non-hydrogen) atoms. The Morgan fingerprint density at radius 1 is 0.542 bits per heavy atom. The number of aliphatic imine (C=N–C) groups is 2. The molecule has 0 radical (unpaired) electrons. The van der Waals surface area contributed by atoms with Gasteiger partial charge in [-0.2, -0.15) is 0 Å². The van der Waals surface area contributed by atoms with Crippen LogP contribution < -0.4 is 10.7 Å². The minimum Gasteiger partial charge on any atom is -0.357 e. The van der Waals surface area contributed by atoms with Crippen LogP contribution in [-0.2, 0) is 5.41 Å². The first-order valence-electron chi connectivity index (χ1n) is 16.4. The number of hydrogen-bond acceptors (Lipinski definition) is 2. The van der Waals surface area contributed by atoms with Crippen LogP contribution in [0.2, 0.25) is 0 Å². The standard InChI is InChI=1S/C44H32N4/c1-5-13-30(14-6-1)42-36-23-21-34(45-36)29-35-22-27-40(46-35)44(32-17-9-3-10-18-32,33-19-11-4-12-20-33)41-28-26-39(48-41)43(31-15-7-2-8-16-31)38-25-24-37(42)47-38/h1-29,40,45,48H. The number of aromatic amines is 2. The van der Waals surface area contributed by atoms with Gasteiger partial charge in [-0.25, -0.2) is 4.99 Å². The molecule has 3 aliphatic rings. The maximum Gasteiger partial charge on any atom is 0.0883 e. The monoisotopic (exact) mass is 616 g/mol. The third-order valence-electron chi connectivity index (χ3n) is 9.58. The average molecular weight is 617 g/mol. The van der Waals surface area contributed by atoms with Crippen LogP contribution in [0.4, 0.5) is 0 Å². The van der Waals surface area contributed by atoms with Crippen LogP contribution in [0.3, 0.4) is 0 Å². The zero-order valence-corrected chi connectivity index (χ0v) is 26.2. The molecule has 2 aromatic heterocycles. The van der Waals surface area contributed by atoms with E-state index in [0.717, 1.165) is 61.5 Å². The third-order valence-corrected chi connectivity index (χ3v) is 9.58. The van der Waals surface area contributed by atoms with Crippen LogP contribution in [0.1, 0.15) is 33.6 Å². The van der Waals surface area contributed by atoms with E-state index < -0.39 is 5.41 Å². The topological polar surface area (TPSA) is 56.3 Å². The van der Waals surface area contributed by atoms with Crippen molar-refractivity contribution in [1.82, 2.24) is 9.97 Å². The number of benzene rings is 4. The number of nitrogens with one attached hydrogen (secondary N) is 2. The largest absolute Gasteiger partial charge is 0.357 e. The number of allylic oxidation sites excluding steroid dienone is 3. The molecule has 0 fully saturated rings. The number of rotatable bonds is 4. The van der Waals surface area contributed by atoms with Crippen molar-refractivity contribution in [1.29, 1.82) is 0 Å². The summed E-state index contributed by atoms with van der Waals surface area (Å²) in [6.45, 7) is 0. The summed E-state index contributed by atoms with van der Waals surface area (Å²) in [6, 6.07) is 51.1. The Labute approximate surface area is 279 Å². The summed E-state index contributed by atoms with van der Waals surface area (Å²) in [5.74, 6) is 0. The molecule has 1 unspecified atom stereocenters. The first-order chi connectivity index (χ1) is 23.8. The maximum atomic E-state index is 5.44. The van der Waals surface area contributed by atoms with Gasteiger partial charge < -0.3 is 9.97 Å². The fourth-order valence-electron chi connectivity index (χ4n) is 7.45. The summed E-state index contributed by atoms with van der Waals surface area (Å²) in [6.07, 6.45) is 10.8. The number of hydrogen-bond donors (Lipinski definition) is 2. The highest BCUT2D eigenvalue weighted by Crippen LogP contribution is 2.45. The fraction of sp³-hybridized carbons (Fsp3) is 0.0455. The Hall–Kier alpha value is -6.26. The molecule has 6 aromatic rings. The molecule has 9 rings (SSSR count). The van der Waals surface area contributed by atoms with Gasteiger partial charge in [-0.15, -0.1) is 0 Å². The quantitative estimate of drug-likeness (QED) is 0.206. The lowest BCUT2D eigenvalue weighted by atomic mass is 9.67. The molecule has 4 heteroatoms. The van der Waals surface area contributed by atoms with Gasteiger partial charge in [0.2, 0.25) is 0 Å². The van der Waals surface area contributed by atoms with Crippen LogP contribution in [0.5, 0.6) is 0 Å². The molecule has 228 valence electrons. The molecule has 4 nitrogen and oxygen atoms in total. The molecule has 4 aromatic carbocycles. The second kappa shape index (κ2) is 11.5. The summed E-state index contributed by atoms with van der Waals surface area (Å²) >= 11 is 0. The van der Waals surface area contributed by atoms with Crippen molar-refractivity contribution in [2.24, 2.45) is 9.98 Å². The fourth-order valence-corrected chi connectivity index (χ4v) is 7.45. The molecule has 0 spiro atoms. The van der Waals surface area contributed by atoms with E-state index in [-0.39, 0.29) is 6.04 Å². The number of aromatic nitrogens is 2. The van der Waals surface area contributed by atoms with E-state index in [1.807, 2.05) is 6.07 Å². The number of H-pyrrole nitrogens is 2. The molecule has 0 saturated carbocycles. The van der Waals surface area contributed by atoms with Crippen LogP contribution in [0.25, 0.3) is 17.2 Å². The molecule has 3 aliphatic heterocycles. The highest BCUT2D eigenvalue weighted by atomic mass is 14.9. The highest BCUT2D eigenvalue weighted by molar-refractivity contribution is 6.30. The van der Waals surface area contributed by atoms with Crippen molar-refractivity contribution in [3.05, 3.63) is 220 Å².